The van der Waals surface area contributed by atoms with E-state index >= 15 is 0 Å². The predicted octanol–water partition coefficient (Wildman–Crippen LogP) is 5.34. The van der Waals surface area contributed by atoms with Gasteiger partial charge in [0.05, 0.1) is 6.61 Å². The molecule has 1 N–H and O–H groups in total. The fourth-order valence-electron chi connectivity index (χ4n) is 1.74. The molecule has 0 bridgehead atoms. The largest absolute Gasteiger partial charge is 0.355 e. The van der Waals surface area contributed by atoms with E-state index in [1.807, 2.05) is 68.4 Å². The molecule has 1 unspecified atom stereocenters. The van der Waals surface area contributed by atoms with E-state index in [4.69, 9.17) is 4.52 Å². The van der Waals surface area contributed by atoms with Gasteiger partial charge in [0.25, 0.3) is 0 Å². The lowest BCUT2D eigenvalue weighted by Crippen LogP contribution is -1.98. The first-order chi connectivity index (χ1) is 9.61. The van der Waals surface area contributed by atoms with Gasteiger partial charge in [0.2, 0.25) is 0 Å². The van der Waals surface area contributed by atoms with Gasteiger partial charge in [-0.1, -0.05) is 30.3 Å². The molecule has 0 aliphatic heterocycles. The maximum absolute atomic E-state index is 12.9. The summed E-state index contributed by atoms with van der Waals surface area (Å²) < 4.78 is 18.4. The van der Waals surface area contributed by atoms with Crippen LogP contribution < -0.4 is 5.09 Å². The Hall–Kier alpha value is -1.22. The topological polar surface area (TPSA) is 38.3 Å². The first-order valence-corrected chi connectivity index (χ1v) is 9.50. The van der Waals surface area contributed by atoms with Crippen molar-refractivity contribution in [3.05, 3.63) is 60.2 Å². The van der Waals surface area contributed by atoms with E-state index in [0.29, 0.717) is 6.61 Å². The van der Waals surface area contributed by atoms with E-state index in [9.17, 15) is 4.57 Å². The third-order valence-corrected chi connectivity index (χ3v) is 6.35. The first-order valence-electron chi connectivity index (χ1n) is 6.45. The van der Waals surface area contributed by atoms with Crippen LogP contribution in [0.5, 0.6) is 0 Å². The average molecular weight is 307 g/mol. The van der Waals surface area contributed by atoms with Crippen LogP contribution in [0.3, 0.4) is 0 Å². The molecule has 0 saturated carbocycles. The van der Waals surface area contributed by atoms with Gasteiger partial charge in [-0.25, -0.2) is 0 Å². The lowest BCUT2D eigenvalue weighted by molar-refractivity contribution is 0.349. The smallest absolute Gasteiger partial charge is 0.307 e. The predicted molar refractivity (Wildman–Crippen MR) is 86.3 cm³/mol. The molecule has 1 atom stereocenters. The van der Waals surface area contributed by atoms with Crippen LogP contribution in [-0.2, 0) is 9.09 Å². The number of aryl methyl sites for hydroxylation is 1. The molecular weight excluding hydrogens is 289 g/mol. The van der Waals surface area contributed by atoms with Gasteiger partial charge in [-0.3, -0.25) is 4.57 Å². The zero-order valence-electron chi connectivity index (χ0n) is 11.6. The molecule has 0 spiro atoms. The molecule has 0 saturated heterocycles. The molecule has 2 aromatic rings. The van der Waals surface area contributed by atoms with Crippen LogP contribution in [0.4, 0.5) is 5.69 Å². The van der Waals surface area contributed by atoms with Gasteiger partial charge in [-0.05, 0) is 55.1 Å². The monoisotopic (exact) mass is 307 g/mol. The zero-order chi connectivity index (χ0) is 14.4. The van der Waals surface area contributed by atoms with Crippen molar-refractivity contribution >= 4 is 23.8 Å². The Balaban J connectivity index is 2.19. The second-order valence-corrected chi connectivity index (χ2v) is 8.42. The van der Waals surface area contributed by atoms with Crippen molar-refractivity contribution in [1.82, 2.24) is 0 Å². The summed E-state index contributed by atoms with van der Waals surface area (Å²) in [5.41, 5.74) is 1.92. The summed E-state index contributed by atoms with van der Waals surface area (Å²) in [6.07, 6.45) is 0. The first kappa shape index (κ1) is 15.2. The van der Waals surface area contributed by atoms with Crippen LogP contribution in [0.15, 0.2) is 59.5 Å². The number of hydrogen-bond donors (Lipinski definition) is 1. The molecule has 0 aliphatic carbocycles. The average Bonchev–Trinajstić information content (AvgIpc) is 2.39. The molecule has 0 aromatic heterocycles. The fourth-order valence-corrected chi connectivity index (χ4v) is 5.38. The molecule has 0 heterocycles. The quantitative estimate of drug-likeness (QED) is 0.731. The van der Waals surface area contributed by atoms with Gasteiger partial charge in [0.1, 0.15) is 0 Å². The van der Waals surface area contributed by atoms with Crippen molar-refractivity contribution < 1.29 is 9.09 Å². The SMILES string of the molecule is CCOP(=O)(Nc1cccc(C)c1)Sc1ccccc1. The highest BCUT2D eigenvalue weighted by molar-refractivity contribution is 8.57. The minimum Gasteiger partial charge on any atom is -0.307 e. The van der Waals surface area contributed by atoms with Crippen molar-refractivity contribution in [3.8, 4) is 0 Å². The standard InChI is InChI=1S/C15H18NO2PS/c1-3-18-19(17,20-15-10-5-4-6-11-15)16-14-9-7-8-13(2)12-14/h4-12H,3H2,1-2H3,(H,16,17). The fraction of sp³-hybridized carbons (Fsp3) is 0.200. The number of hydrogen-bond acceptors (Lipinski definition) is 3. The summed E-state index contributed by atoms with van der Waals surface area (Å²) in [6.45, 7) is 1.23. The van der Waals surface area contributed by atoms with Crippen molar-refractivity contribution in [1.29, 1.82) is 0 Å². The van der Waals surface area contributed by atoms with Crippen LogP contribution >= 0.6 is 18.1 Å². The Morgan fingerprint density at radius 1 is 1.15 bits per heavy atom. The Morgan fingerprint density at radius 2 is 1.90 bits per heavy atom. The van der Waals surface area contributed by atoms with Crippen LogP contribution in [-0.4, -0.2) is 6.61 Å². The molecule has 2 aromatic carbocycles. The molecule has 0 fully saturated rings. The van der Waals surface area contributed by atoms with E-state index in [0.717, 1.165) is 16.1 Å². The van der Waals surface area contributed by atoms with Crippen molar-refractivity contribution in [3.63, 3.8) is 0 Å². The lowest BCUT2D eigenvalue weighted by atomic mass is 10.2. The highest BCUT2D eigenvalue weighted by atomic mass is 32.7. The highest BCUT2D eigenvalue weighted by Crippen LogP contribution is 2.61. The van der Waals surface area contributed by atoms with Crippen LogP contribution in [0.1, 0.15) is 12.5 Å². The summed E-state index contributed by atoms with van der Waals surface area (Å²) in [6, 6.07) is 17.4. The summed E-state index contributed by atoms with van der Waals surface area (Å²) in [5.74, 6) is 0. The Morgan fingerprint density at radius 3 is 2.55 bits per heavy atom. The van der Waals surface area contributed by atoms with Gasteiger partial charge >= 0.3 is 6.72 Å². The Kier molecular flexibility index (Phi) is 5.30. The van der Waals surface area contributed by atoms with Crippen LogP contribution in [0, 0.1) is 6.92 Å². The minimum absolute atomic E-state index is 0.399. The van der Waals surface area contributed by atoms with Gasteiger partial charge in [-0.2, -0.15) is 0 Å². The minimum atomic E-state index is -3.02. The molecule has 2 rings (SSSR count). The summed E-state index contributed by atoms with van der Waals surface area (Å²) in [4.78, 5) is 0.921. The molecule has 0 radical (unpaired) electrons. The van der Waals surface area contributed by atoms with Crippen LogP contribution in [0.25, 0.3) is 0 Å². The highest BCUT2D eigenvalue weighted by Gasteiger charge is 2.24. The van der Waals surface area contributed by atoms with Gasteiger partial charge in [-0.15, -0.1) is 0 Å². The van der Waals surface area contributed by atoms with Gasteiger partial charge < -0.3 is 9.61 Å². The van der Waals surface area contributed by atoms with Gasteiger partial charge in [0.15, 0.2) is 0 Å². The molecule has 3 nitrogen and oxygen atoms in total. The molecule has 106 valence electrons. The van der Waals surface area contributed by atoms with Gasteiger partial charge in [0, 0.05) is 10.6 Å². The van der Waals surface area contributed by atoms with E-state index in [-0.39, 0.29) is 0 Å². The maximum atomic E-state index is 12.9. The molecule has 0 amide bonds. The Bertz CT molecular complexity index is 604. The number of rotatable bonds is 6. The van der Waals surface area contributed by atoms with E-state index in [1.54, 1.807) is 0 Å². The third-order valence-electron chi connectivity index (χ3n) is 2.55. The Labute approximate surface area is 124 Å². The maximum Gasteiger partial charge on any atom is 0.355 e. The second-order valence-electron chi connectivity index (χ2n) is 4.30. The van der Waals surface area contributed by atoms with Crippen LogP contribution in [0.2, 0.25) is 0 Å². The molecule has 0 aliphatic rings. The normalized spacial score (nSPS) is 13.7. The third kappa shape index (κ3) is 4.41. The molecular formula is C15H18NO2PS. The van der Waals surface area contributed by atoms with E-state index in [2.05, 4.69) is 5.09 Å². The van der Waals surface area contributed by atoms with Crippen molar-refractivity contribution in [2.75, 3.05) is 11.7 Å². The van der Waals surface area contributed by atoms with E-state index < -0.39 is 6.72 Å². The number of benzene rings is 2. The zero-order valence-corrected chi connectivity index (χ0v) is 13.3. The van der Waals surface area contributed by atoms with Crippen molar-refractivity contribution in [2.45, 2.75) is 18.7 Å². The molecule has 5 heteroatoms. The second kappa shape index (κ2) is 6.98. The number of anilines is 1. The summed E-state index contributed by atoms with van der Waals surface area (Å²) >= 11 is 1.24. The summed E-state index contributed by atoms with van der Waals surface area (Å²) in [7, 11) is 0. The number of nitrogens with one attached hydrogen (secondary N) is 1. The molecule has 20 heavy (non-hydrogen) atoms. The summed E-state index contributed by atoms with van der Waals surface area (Å²) in [5, 5.41) is 3.04. The lowest BCUT2D eigenvalue weighted by Gasteiger charge is -2.19. The van der Waals surface area contributed by atoms with Crippen molar-refractivity contribution in [2.24, 2.45) is 0 Å². The van der Waals surface area contributed by atoms with E-state index in [1.165, 1.54) is 11.4 Å².